The highest BCUT2D eigenvalue weighted by Gasteiger charge is 2.26. The van der Waals surface area contributed by atoms with Gasteiger partial charge in [0.25, 0.3) is 5.91 Å². The Balaban J connectivity index is 1.26. The van der Waals surface area contributed by atoms with Gasteiger partial charge in [0.2, 0.25) is 0 Å². The van der Waals surface area contributed by atoms with Gasteiger partial charge < -0.3 is 15.1 Å². The number of anilines is 4. The normalized spacial score (nSPS) is 15.4. The van der Waals surface area contributed by atoms with E-state index in [2.05, 4.69) is 50.7 Å². The van der Waals surface area contributed by atoms with Gasteiger partial charge in [-0.3, -0.25) is 4.79 Å². The molecule has 0 atom stereocenters. The first-order valence-corrected chi connectivity index (χ1v) is 10.1. The number of amides is 1. The molecular formula is C23H23N5O. The van der Waals surface area contributed by atoms with Crippen molar-refractivity contribution in [2.45, 2.75) is 19.3 Å². The van der Waals surface area contributed by atoms with E-state index in [0.717, 1.165) is 30.9 Å². The van der Waals surface area contributed by atoms with Crippen molar-refractivity contribution in [3.8, 4) is 0 Å². The molecule has 1 amide bonds. The lowest BCUT2D eigenvalue weighted by Crippen LogP contribution is -2.29. The summed E-state index contributed by atoms with van der Waals surface area (Å²) >= 11 is 0. The molecule has 1 N–H and O–H groups in total. The first-order chi connectivity index (χ1) is 14.3. The van der Waals surface area contributed by atoms with Crippen LogP contribution in [-0.4, -0.2) is 35.7 Å². The van der Waals surface area contributed by atoms with Gasteiger partial charge in [-0.25, -0.2) is 0 Å². The van der Waals surface area contributed by atoms with Crippen LogP contribution in [0.15, 0.2) is 60.7 Å². The zero-order valence-corrected chi connectivity index (χ0v) is 16.2. The van der Waals surface area contributed by atoms with E-state index in [1.807, 2.05) is 18.2 Å². The number of aromatic nitrogens is 2. The lowest BCUT2D eigenvalue weighted by atomic mass is 10.2. The molecule has 0 aliphatic carbocycles. The van der Waals surface area contributed by atoms with Crippen LogP contribution in [0.2, 0.25) is 0 Å². The maximum atomic E-state index is 12.8. The van der Waals surface area contributed by atoms with Gasteiger partial charge in [-0.2, -0.15) is 0 Å². The van der Waals surface area contributed by atoms with E-state index in [4.69, 9.17) is 0 Å². The quantitative estimate of drug-likeness (QED) is 0.735. The van der Waals surface area contributed by atoms with Crippen molar-refractivity contribution in [3.63, 3.8) is 0 Å². The van der Waals surface area contributed by atoms with Gasteiger partial charge in [-0.1, -0.05) is 18.2 Å². The van der Waals surface area contributed by atoms with Gasteiger partial charge >= 0.3 is 0 Å². The van der Waals surface area contributed by atoms with Crippen molar-refractivity contribution < 1.29 is 4.79 Å². The van der Waals surface area contributed by atoms with Crippen molar-refractivity contribution >= 4 is 28.8 Å². The molecule has 0 saturated carbocycles. The highest BCUT2D eigenvalue weighted by Crippen LogP contribution is 2.28. The highest BCUT2D eigenvalue weighted by atomic mass is 16.2. The second kappa shape index (κ2) is 7.54. The van der Waals surface area contributed by atoms with Crippen LogP contribution < -0.4 is 15.1 Å². The number of hydrogen-bond acceptors (Lipinski definition) is 5. The van der Waals surface area contributed by atoms with Crippen LogP contribution in [0.3, 0.4) is 0 Å². The third kappa shape index (κ3) is 3.53. The number of para-hydroxylation sites is 1. The van der Waals surface area contributed by atoms with Crippen LogP contribution in [0.4, 0.5) is 22.9 Å². The first kappa shape index (κ1) is 17.7. The van der Waals surface area contributed by atoms with E-state index in [0.29, 0.717) is 18.1 Å². The molecule has 1 aromatic heterocycles. The van der Waals surface area contributed by atoms with Crippen molar-refractivity contribution in [2.75, 3.05) is 34.8 Å². The van der Waals surface area contributed by atoms with E-state index in [1.165, 1.54) is 24.1 Å². The second-order valence-electron chi connectivity index (χ2n) is 7.51. The monoisotopic (exact) mass is 385 g/mol. The molecule has 1 fully saturated rings. The van der Waals surface area contributed by atoms with Crippen LogP contribution in [0.25, 0.3) is 0 Å². The van der Waals surface area contributed by atoms with E-state index < -0.39 is 0 Å². The fourth-order valence-electron chi connectivity index (χ4n) is 4.08. The minimum absolute atomic E-state index is 0.107. The lowest BCUT2D eigenvalue weighted by Gasteiger charge is -2.18. The van der Waals surface area contributed by atoms with Gasteiger partial charge in [0.05, 0.1) is 0 Å². The number of nitrogens with zero attached hydrogens (tertiary/aromatic N) is 4. The molecule has 6 nitrogen and oxygen atoms in total. The molecule has 1 saturated heterocycles. The molecule has 3 aromatic rings. The molecule has 0 unspecified atom stereocenters. The summed E-state index contributed by atoms with van der Waals surface area (Å²) in [6, 6.07) is 19.9. The fraction of sp³-hybridized carbons (Fsp3) is 0.261. The summed E-state index contributed by atoms with van der Waals surface area (Å²) in [6.45, 7) is 2.95. The topological polar surface area (TPSA) is 61.4 Å². The van der Waals surface area contributed by atoms with Gasteiger partial charge in [0.1, 0.15) is 0 Å². The van der Waals surface area contributed by atoms with Crippen LogP contribution in [0.5, 0.6) is 0 Å². The van der Waals surface area contributed by atoms with Crippen LogP contribution in [-0.2, 0) is 6.42 Å². The van der Waals surface area contributed by atoms with Gasteiger partial charge in [0.15, 0.2) is 11.5 Å². The molecule has 0 radical (unpaired) electrons. The highest BCUT2D eigenvalue weighted by molar-refractivity contribution is 6.06. The maximum absolute atomic E-state index is 12.8. The van der Waals surface area contributed by atoms with E-state index in [-0.39, 0.29) is 5.91 Å². The number of carbonyl (C=O) groups is 1. The summed E-state index contributed by atoms with van der Waals surface area (Å²) in [7, 11) is 0. The molecule has 0 spiro atoms. The molecule has 3 heterocycles. The Morgan fingerprint density at radius 3 is 2.41 bits per heavy atom. The molecule has 5 rings (SSSR count). The van der Waals surface area contributed by atoms with Crippen molar-refractivity contribution in [1.82, 2.24) is 10.2 Å². The third-order valence-corrected chi connectivity index (χ3v) is 5.63. The largest absolute Gasteiger partial charge is 0.372 e. The Bertz CT molecular complexity index is 1010. The van der Waals surface area contributed by atoms with Crippen LogP contribution >= 0.6 is 0 Å². The molecule has 2 aliphatic rings. The predicted octanol–water partition coefficient (Wildman–Crippen LogP) is 4.02. The number of nitrogens with one attached hydrogen (secondary N) is 1. The Labute approximate surface area is 170 Å². The Kier molecular flexibility index (Phi) is 4.60. The number of rotatable bonds is 4. The molecular weight excluding hydrogens is 362 g/mol. The number of benzene rings is 2. The summed E-state index contributed by atoms with van der Waals surface area (Å²) in [5, 5.41) is 11.6. The summed E-state index contributed by atoms with van der Waals surface area (Å²) in [6.07, 6.45) is 3.41. The van der Waals surface area contributed by atoms with E-state index in [1.54, 1.807) is 17.0 Å². The number of carbonyl (C=O) groups excluding carboxylic acids is 1. The van der Waals surface area contributed by atoms with Gasteiger partial charge in [-0.15, -0.1) is 10.2 Å². The summed E-state index contributed by atoms with van der Waals surface area (Å²) < 4.78 is 0. The molecule has 146 valence electrons. The zero-order valence-electron chi connectivity index (χ0n) is 16.2. The second-order valence-corrected chi connectivity index (χ2v) is 7.51. The molecule has 2 aromatic carbocycles. The smallest absolute Gasteiger partial charge is 0.278 e. The van der Waals surface area contributed by atoms with Crippen LogP contribution in [0, 0.1) is 0 Å². The zero-order chi connectivity index (χ0) is 19.6. The van der Waals surface area contributed by atoms with E-state index in [9.17, 15) is 4.79 Å². The van der Waals surface area contributed by atoms with Crippen molar-refractivity contribution in [3.05, 3.63) is 71.9 Å². The molecule has 2 aliphatic heterocycles. The van der Waals surface area contributed by atoms with Gasteiger partial charge in [-0.05, 0) is 67.3 Å². The molecule has 29 heavy (non-hydrogen) atoms. The molecule has 6 heteroatoms. The van der Waals surface area contributed by atoms with E-state index >= 15 is 0 Å². The summed E-state index contributed by atoms with van der Waals surface area (Å²) in [5.74, 6) is 0.515. The fourth-order valence-corrected chi connectivity index (χ4v) is 4.08. The van der Waals surface area contributed by atoms with Crippen molar-refractivity contribution in [2.24, 2.45) is 0 Å². The van der Waals surface area contributed by atoms with Crippen LogP contribution in [0.1, 0.15) is 28.9 Å². The number of fused-ring (bicyclic) bond motifs is 1. The van der Waals surface area contributed by atoms with Crippen molar-refractivity contribution in [1.29, 1.82) is 0 Å². The standard InChI is InChI=1S/C23H23N5O/c29-23(28-16-13-17-5-1-2-6-21(17)28)20-11-12-22(26-25-20)24-18-7-9-19(10-8-18)27-14-3-4-15-27/h1-2,5-12H,3-4,13-16H2,(H,24,26). The SMILES string of the molecule is O=C(c1ccc(Nc2ccc(N3CCCC3)cc2)nn1)N1CCc2ccccc21. The third-order valence-electron chi connectivity index (χ3n) is 5.63. The Morgan fingerprint density at radius 1 is 0.862 bits per heavy atom. The van der Waals surface area contributed by atoms with Gasteiger partial charge in [0, 0.05) is 36.7 Å². The number of hydrogen-bond donors (Lipinski definition) is 1. The summed E-state index contributed by atoms with van der Waals surface area (Å²) in [4.78, 5) is 17.0. The summed E-state index contributed by atoms with van der Waals surface area (Å²) in [5.41, 5.74) is 4.74. The Hall–Kier alpha value is -3.41. The average Bonchev–Trinajstić information content (AvgIpc) is 3.45. The first-order valence-electron chi connectivity index (χ1n) is 10.1. The minimum atomic E-state index is -0.107. The Morgan fingerprint density at radius 2 is 1.66 bits per heavy atom. The minimum Gasteiger partial charge on any atom is -0.372 e. The molecule has 0 bridgehead atoms. The average molecular weight is 385 g/mol. The maximum Gasteiger partial charge on any atom is 0.278 e. The predicted molar refractivity (Wildman–Crippen MR) is 115 cm³/mol. The lowest BCUT2D eigenvalue weighted by molar-refractivity contribution is 0.0983.